The van der Waals surface area contributed by atoms with Gasteiger partial charge in [-0.3, -0.25) is 4.79 Å². The highest BCUT2D eigenvalue weighted by atomic mass is 16.4. The van der Waals surface area contributed by atoms with Crippen molar-refractivity contribution in [2.45, 2.75) is 39.2 Å². The molecule has 1 unspecified atom stereocenters. The summed E-state index contributed by atoms with van der Waals surface area (Å²) >= 11 is 0. The maximum absolute atomic E-state index is 10.5. The van der Waals surface area contributed by atoms with E-state index in [-0.39, 0.29) is 6.54 Å². The summed E-state index contributed by atoms with van der Waals surface area (Å²) in [6.45, 7) is 7.87. The Morgan fingerprint density at radius 2 is 2.31 bits per heavy atom. The minimum Gasteiger partial charge on any atom is -0.480 e. The lowest BCUT2D eigenvalue weighted by molar-refractivity contribution is -0.136. The first-order valence-corrected chi connectivity index (χ1v) is 6.25. The Labute approximate surface area is 98.0 Å². The molecule has 0 radical (unpaired) electrons. The van der Waals surface area contributed by atoms with Gasteiger partial charge in [-0.05, 0) is 38.3 Å². The molecule has 0 aromatic carbocycles. The molecule has 0 aromatic rings. The Bertz CT molecular complexity index is 219. The fourth-order valence-electron chi connectivity index (χ4n) is 2.10. The molecule has 1 aliphatic rings. The van der Waals surface area contributed by atoms with Crippen molar-refractivity contribution in [2.24, 2.45) is 5.92 Å². The first-order valence-electron chi connectivity index (χ1n) is 6.25. The fraction of sp³-hybridized carbons (Fsp3) is 0.917. The Kier molecular flexibility index (Phi) is 5.77. The molecular formula is C12H24N2O2. The molecule has 1 heterocycles. The predicted molar refractivity (Wildman–Crippen MR) is 64.6 cm³/mol. The van der Waals surface area contributed by atoms with Crippen molar-refractivity contribution in [3.63, 3.8) is 0 Å². The molecule has 0 amide bonds. The number of carboxylic acid groups (broad SMARTS) is 1. The van der Waals surface area contributed by atoms with Gasteiger partial charge in [-0.1, -0.05) is 13.8 Å². The van der Waals surface area contributed by atoms with Crippen LogP contribution in [0.25, 0.3) is 0 Å². The number of hydrogen-bond acceptors (Lipinski definition) is 3. The molecule has 0 spiro atoms. The van der Waals surface area contributed by atoms with Crippen molar-refractivity contribution in [2.75, 3.05) is 26.2 Å². The lowest BCUT2D eigenvalue weighted by Gasteiger charge is -2.33. The maximum atomic E-state index is 10.5. The topological polar surface area (TPSA) is 52.6 Å². The second kappa shape index (κ2) is 6.86. The van der Waals surface area contributed by atoms with Gasteiger partial charge in [0.15, 0.2) is 0 Å². The van der Waals surface area contributed by atoms with Gasteiger partial charge in [-0.2, -0.15) is 0 Å². The molecule has 0 saturated carbocycles. The van der Waals surface area contributed by atoms with Crippen LogP contribution in [-0.2, 0) is 4.79 Å². The zero-order valence-electron chi connectivity index (χ0n) is 10.4. The van der Waals surface area contributed by atoms with Gasteiger partial charge in [-0.25, -0.2) is 0 Å². The zero-order valence-corrected chi connectivity index (χ0v) is 10.4. The highest BCUT2D eigenvalue weighted by Gasteiger charge is 2.19. The Balaban J connectivity index is 2.21. The number of rotatable bonds is 6. The average Bonchev–Trinajstić information content (AvgIpc) is 2.24. The lowest BCUT2D eigenvalue weighted by Crippen LogP contribution is -2.47. The van der Waals surface area contributed by atoms with Crippen molar-refractivity contribution in [3.8, 4) is 0 Å². The van der Waals surface area contributed by atoms with Crippen LogP contribution in [0.4, 0.5) is 0 Å². The summed E-state index contributed by atoms with van der Waals surface area (Å²) in [4.78, 5) is 12.9. The van der Waals surface area contributed by atoms with E-state index in [1.54, 1.807) is 0 Å². The van der Waals surface area contributed by atoms with E-state index in [9.17, 15) is 4.79 Å². The molecular weight excluding hydrogens is 204 g/mol. The first kappa shape index (κ1) is 13.5. The smallest absolute Gasteiger partial charge is 0.317 e. The molecule has 94 valence electrons. The summed E-state index contributed by atoms with van der Waals surface area (Å²) in [6, 6.07) is 0.358. The highest BCUT2D eigenvalue weighted by molar-refractivity contribution is 5.69. The van der Waals surface area contributed by atoms with Crippen molar-refractivity contribution in [3.05, 3.63) is 0 Å². The number of likely N-dealkylation sites (tertiary alicyclic amines) is 1. The van der Waals surface area contributed by atoms with E-state index in [2.05, 4.69) is 24.1 Å². The van der Waals surface area contributed by atoms with Crippen LogP contribution >= 0.6 is 0 Å². The van der Waals surface area contributed by atoms with Crippen LogP contribution < -0.4 is 5.32 Å². The van der Waals surface area contributed by atoms with Gasteiger partial charge in [0.25, 0.3) is 0 Å². The fourth-order valence-corrected chi connectivity index (χ4v) is 2.10. The van der Waals surface area contributed by atoms with E-state index >= 15 is 0 Å². The van der Waals surface area contributed by atoms with Crippen molar-refractivity contribution in [1.82, 2.24) is 10.2 Å². The predicted octanol–water partition coefficient (Wildman–Crippen LogP) is 1.17. The summed E-state index contributed by atoms with van der Waals surface area (Å²) in [7, 11) is 0. The van der Waals surface area contributed by atoms with Crippen LogP contribution in [0, 0.1) is 5.92 Å². The average molecular weight is 228 g/mol. The largest absolute Gasteiger partial charge is 0.480 e. The minimum absolute atomic E-state index is 0.0860. The Morgan fingerprint density at radius 3 is 2.94 bits per heavy atom. The number of hydrogen-bond donors (Lipinski definition) is 2. The molecule has 0 bridgehead atoms. The van der Waals surface area contributed by atoms with E-state index in [0.717, 1.165) is 32.0 Å². The summed E-state index contributed by atoms with van der Waals surface area (Å²) in [6.07, 6.45) is 3.51. The van der Waals surface area contributed by atoms with Gasteiger partial charge in [0.05, 0.1) is 6.54 Å². The van der Waals surface area contributed by atoms with E-state index in [1.165, 1.54) is 12.8 Å². The van der Waals surface area contributed by atoms with Crippen molar-refractivity contribution in [1.29, 1.82) is 0 Å². The van der Waals surface area contributed by atoms with Crippen LogP contribution in [0.1, 0.15) is 33.1 Å². The third-order valence-corrected chi connectivity index (χ3v) is 3.07. The van der Waals surface area contributed by atoms with Crippen LogP contribution in [-0.4, -0.2) is 48.2 Å². The molecule has 4 nitrogen and oxygen atoms in total. The number of carbonyl (C=O) groups is 1. The highest BCUT2D eigenvalue weighted by Crippen LogP contribution is 2.11. The van der Waals surface area contributed by atoms with Gasteiger partial charge in [0.1, 0.15) is 0 Å². The number of aliphatic carboxylic acids is 1. The summed E-state index contributed by atoms with van der Waals surface area (Å²) in [5.74, 6) is -0.0216. The molecule has 1 atom stereocenters. The molecule has 16 heavy (non-hydrogen) atoms. The first-order chi connectivity index (χ1) is 7.58. The minimum atomic E-state index is -0.765. The van der Waals surface area contributed by atoms with Gasteiger partial charge >= 0.3 is 5.97 Å². The Hall–Kier alpha value is -0.610. The van der Waals surface area contributed by atoms with Gasteiger partial charge < -0.3 is 15.3 Å². The van der Waals surface area contributed by atoms with Crippen LogP contribution in [0.15, 0.2) is 0 Å². The van der Waals surface area contributed by atoms with Crippen molar-refractivity contribution >= 4 is 5.97 Å². The SMILES string of the molecule is CC(C)CCN1CCCC(NCC(=O)O)C1. The maximum Gasteiger partial charge on any atom is 0.317 e. The molecule has 1 aliphatic heterocycles. The third-order valence-electron chi connectivity index (χ3n) is 3.07. The van der Waals surface area contributed by atoms with Gasteiger partial charge in [-0.15, -0.1) is 0 Å². The quantitative estimate of drug-likeness (QED) is 0.716. The van der Waals surface area contributed by atoms with Crippen LogP contribution in [0.3, 0.4) is 0 Å². The van der Waals surface area contributed by atoms with Gasteiger partial charge in [0.2, 0.25) is 0 Å². The second-order valence-electron chi connectivity index (χ2n) is 5.10. The number of nitrogens with one attached hydrogen (secondary N) is 1. The normalized spacial score (nSPS) is 22.6. The molecule has 1 fully saturated rings. The summed E-state index contributed by atoms with van der Waals surface area (Å²) < 4.78 is 0. The lowest BCUT2D eigenvalue weighted by atomic mass is 10.0. The second-order valence-corrected chi connectivity index (χ2v) is 5.10. The van der Waals surface area contributed by atoms with Crippen LogP contribution in [0.2, 0.25) is 0 Å². The number of carboxylic acids is 1. The van der Waals surface area contributed by atoms with E-state index in [0.29, 0.717) is 6.04 Å². The van der Waals surface area contributed by atoms with E-state index in [4.69, 9.17) is 5.11 Å². The third kappa shape index (κ3) is 5.47. The van der Waals surface area contributed by atoms with E-state index in [1.807, 2.05) is 0 Å². The number of piperidine rings is 1. The monoisotopic (exact) mass is 228 g/mol. The molecule has 4 heteroatoms. The van der Waals surface area contributed by atoms with E-state index < -0.39 is 5.97 Å². The van der Waals surface area contributed by atoms with Gasteiger partial charge in [0, 0.05) is 12.6 Å². The van der Waals surface area contributed by atoms with Crippen LogP contribution in [0.5, 0.6) is 0 Å². The summed E-state index contributed by atoms with van der Waals surface area (Å²) in [5.41, 5.74) is 0. The molecule has 2 N–H and O–H groups in total. The Morgan fingerprint density at radius 1 is 1.56 bits per heavy atom. The molecule has 0 aliphatic carbocycles. The number of nitrogens with zero attached hydrogens (tertiary/aromatic N) is 1. The zero-order chi connectivity index (χ0) is 12.0. The molecule has 0 aromatic heterocycles. The van der Waals surface area contributed by atoms with Crippen molar-refractivity contribution < 1.29 is 9.90 Å². The standard InChI is InChI=1S/C12H24N2O2/c1-10(2)5-7-14-6-3-4-11(9-14)13-8-12(15)16/h10-11,13H,3-9H2,1-2H3,(H,15,16). The summed E-state index contributed by atoms with van der Waals surface area (Å²) in [5, 5.41) is 11.7. The molecule has 1 rings (SSSR count). The molecule has 1 saturated heterocycles.